The average molecular weight is 412 g/mol. The van der Waals surface area contributed by atoms with Gasteiger partial charge >= 0.3 is 11.9 Å². The lowest BCUT2D eigenvalue weighted by molar-refractivity contribution is -0.139. The Labute approximate surface area is 177 Å². The van der Waals surface area contributed by atoms with Crippen LogP contribution < -0.4 is 4.90 Å². The van der Waals surface area contributed by atoms with E-state index in [2.05, 4.69) is 29.0 Å². The fraction of sp³-hybridized carbons (Fsp3) is 0.391. The summed E-state index contributed by atoms with van der Waals surface area (Å²) in [6.45, 7) is 5.45. The van der Waals surface area contributed by atoms with E-state index in [1.807, 2.05) is 12.1 Å². The number of benzene rings is 1. The Kier molecular flexibility index (Phi) is 7.43. The molecule has 30 heavy (non-hydrogen) atoms. The Morgan fingerprint density at radius 2 is 1.60 bits per heavy atom. The van der Waals surface area contributed by atoms with Crippen LogP contribution in [0.4, 0.5) is 5.69 Å². The van der Waals surface area contributed by atoms with Crippen LogP contribution >= 0.6 is 0 Å². The molecule has 0 bridgehead atoms. The third kappa shape index (κ3) is 5.17. The molecule has 2 heterocycles. The van der Waals surface area contributed by atoms with Crippen molar-refractivity contribution in [2.24, 2.45) is 0 Å². The number of piperazine rings is 1. The second-order valence-electron chi connectivity index (χ2n) is 7.38. The number of carbonyl (C=O) groups is 2. The number of ether oxygens (including phenoxy) is 2. The highest BCUT2D eigenvalue weighted by Crippen LogP contribution is 2.26. The van der Waals surface area contributed by atoms with E-state index in [0.29, 0.717) is 0 Å². The van der Waals surface area contributed by atoms with Crippen molar-refractivity contribution in [2.45, 2.75) is 6.42 Å². The quantitative estimate of drug-likeness (QED) is 0.663. The van der Waals surface area contributed by atoms with Gasteiger partial charge in [0, 0.05) is 44.6 Å². The second kappa shape index (κ2) is 10.2. The van der Waals surface area contributed by atoms with Gasteiger partial charge in [0.25, 0.3) is 0 Å². The van der Waals surface area contributed by atoms with E-state index < -0.39 is 11.9 Å². The van der Waals surface area contributed by atoms with Crippen LogP contribution in [0.15, 0.2) is 60.0 Å². The molecular weight excluding hydrogens is 382 g/mol. The van der Waals surface area contributed by atoms with E-state index >= 15 is 0 Å². The first-order valence-electron chi connectivity index (χ1n) is 10.1. The minimum atomic E-state index is -0.606. The smallest absolute Gasteiger partial charge is 0.355 e. The number of nitrogens with zero attached hydrogens (tertiary/aromatic N) is 3. The lowest BCUT2D eigenvalue weighted by Crippen LogP contribution is -2.45. The molecule has 2 aliphatic heterocycles. The number of allylic oxidation sites excluding steroid dienone is 2. The Bertz CT molecular complexity index is 850. The SMILES string of the molecule is COC(=O)C1=C(C(=O)OC)N(c2ccc(CCN3CCN(C)CC3)cc2)C=CC=C1. The molecule has 0 atom stereocenters. The summed E-state index contributed by atoms with van der Waals surface area (Å²) in [4.78, 5) is 31.2. The van der Waals surface area contributed by atoms with Gasteiger partial charge in [-0.15, -0.1) is 0 Å². The van der Waals surface area contributed by atoms with Gasteiger partial charge in [-0.2, -0.15) is 0 Å². The predicted molar refractivity (Wildman–Crippen MR) is 116 cm³/mol. The van der Waals surface area contributed by atoms with Gasteiger partial charge in [0.2, 0.25) is 0 Å². The van der Waals surface area contributed by atoms with Crippen LogP contribution in [0.5, 0.6) is 0 Å². The first-order chi connectivity index (χ1) is 14.5. The summed E-state index contributed by atoms with van der Waals surface area (Å²) >= 11 is 0. The Balaban J connectivity index is 1.77. The summed E-state index contributed by atoms with van der Waals surface area (Å²) in [5.74, 6) is -1.20. The highest BCUT2D eigenvalue weighted by molar-refractivity contribution is 6.05. The molecule has 0 amide bonds. The molecule has 1 saturated heterocycles. The van der Waals surface area contributed by atoms with E-state index in [1.165, 1.54) is 19.8 Å². The molecule has 160 valence electrons. The molecule has 0 N–H and O–H groups in total. The van der Waals surface area contributed by atoms with Gasteiger partial charge in [-0.05, 0) is 43.3 Å². The maximum Gasteiger partial charge on any atom is 0.355 e. The molecule has 1 fully saturated rings. The van der Waals surface area contributed by atoms with Crippen LogP contribution in [0.25, 0.3) is 0 Å². The maximum absolute atomic E-state index is 12.5. The highest BCUT2D eigenvalue weighted by atomic mass is 16.5. The summed E-state index contributed by atoms with van der Waals surface area (Å²) in [5.41, 5.74) is 2.26. The monoisotopic (exact) mass is 411 g/mol. The fourth-order valence-corrected chi connectivity index (χ4v) is 3.55. The van der Waals surface area contributed by atoms with E-state index in [4.69, 9.17) is 9.47 Å². The Morgan fingerprint density at radius 1 is 0.933 bits per heavy atom. The Hall–Kier alpha value is -2.90. The first-order valence-corrected chi connectivity index (χ1v) is 10.1. The summed E-state index contributed by atoms with van der Waals surface area (Å²) < 4.78 is 9.79. The number of likely N-dealkylation sites (N-methyl/N-ethyl adjacent to an activating group) is 1. The van der Waals surface area contributed by atoms with Crippen LogP contribution in [0.1, 0.15) is 5.56 Å². The van der Waals surface area contributed by atoms with Crippen molar-refractivity contribution in [1.29, 1.82) is 0 Å². The molecule has 0 spiro atoms. The van der Waals surface area contributed by atoms with Crippen LogP contribution in [0.2, 0.25) is 0 Å². The van der Waals surface area contributed by atoms with Crippen LogP contribution in [-0.2, 0) is 25.5 Å². The third-order valence-electron chi connectivity index (χ3n) is 5.42. The van der Waals surface area contributed by atoms with Gasteiger partial charge in [0.1, 0.15) is 5.70 Å². The molecule has 0 aliphatic carbocycles. The topological polar surface area (TPSA) is 62.3 Å². The molecule has 0 saturated carbocycles. The van der Waals surface area contributed by atoms with Crippen molar-refractivity contribution in [1.82, 2.24) is 9.80 Å². The number of rotatable bonds is 6. The van der Waals surface area contributed by atoms with Crippen molar-refractivity contribution in [3.05, 3.63) is 65.5 Å². The van der Waals surface area contributed by atoms with Gasteiger partial charge in [0.05, 0.1) is 19.8 Å². The average Bonchev–Trinajstić information content (AvgIpc) is 3.01. The summed E-state index contributed by atoms with van der Waals surface area (Å²) in [7, 11) is 4.74. The highest BCUT2D eigenvalue weighted by Gasteiger charge is 2.27. The standard InChI is InChI=1S/C23H29N3O4/c1-24-14-16-25(17-15-24)13-11-18-7-9-19(10-8-18)26-12-5-4-6-20(22(27)29-2)21(26)23(28)30-3/h4-10,12H,11,13-17H2,1-3H3. The molecule has 1 aromatic carbocycles. The van der Waals surface area contributed by atoms with Crippen molar-refractivity contribution in [3.63, 3.8) is 0 Å². The number of hydrogen-bond donors (Lipinski definition) is 0. The molecular formula is C23H29N3O4. The largest absolute Gasteiger partial charge is 0.465 e. The van der Waals surface area contributed by atoms with Gasteiger partial charge < -0.3 is 24.2 Å². The number of hydrogen-bond acceptors (Lipinski definition) is 7. The number of methoxy groups -OCH3 is 2. The zero-order chi connectivity index (χ0) is 21.5. The van der Waals surface area contributed by atoms with Crippen LogP contribution in [0.3, 0.4) is 0 Å². The second-order valence-corrected chi connectivity index (χ2v) is 7.38. The third-order valence-corrected chi connectivity index (χ3v) is 5.42. The summed E-state index contributed by atoms with van der Waals surface area (Å²) in [6, 6.07) is 8.02. The van der Waals surface area contributed by atoms with Crippen molar-refractivity contribution in [3.8, 4) is 0 Å². The van der Waals surface area contributed by atoms with Gasteiger partial charge in [0.15, 0.2) is 0 Å². The molecule has 1 aromatic rings. The number of anilines is 1. The van der Waals surface area contributed by atoms with Crippen molar-refractivity contribution >= 4 is 17.6 Å². The normalized spacial score (nSPS) is 17.8. The van der Waals surface area contributed by atoms with E-state index in [0.717, 1.165) is 44.8 Å². The van der Waals surface area contributed by atoms with E-state index in [9.17, 15) is 9.59 Å². The lowest BCUT2D eigenvalue weighted by atomic mass is 10.1. The van der Waals surface area contributed by atoms with Gasteiger partial charge in [-0.1, -0.05) is 18.2 Å². The van der Waals surface area contributed by atoms with Crippen LogP contribution in [-0.4, -0.2) is 75.7 Å². The van der Waals surface area contributed by atoms with E-state index in [-0.39, 0.29) is 11.3 Å². The zero-order valence-corrected chi connectivity index (χ0v) is 17.8. The van der Waals surface area contributed by atoms with Crippen molar-refractivity contribution < 1.29 is 19.1 Å². The molecule has 7 nitrogen and oxygen atoms in total. The number of esters is 2. The molecule has 0 radical (unpaired) electrons. The zero-order valence-electron chi connectivity index (χ0n) is 17.8. The van der Waals surface area contributed by atoms with Crippen LogP contribution in [0, 0.1) is 0 Å². The van der Waals surface area contributed by atoms with Gasteiger partial charge in [-0.3, -0.25) is 0 Å². The van der Waals surface area contributed by atoms with Crippen molar-refractivity contribution in [2.75, 3.05) is 58.9 Å². The summed E-state index contributed by atoms with van der Waals surface area (Å²) in [6.07, 6.45) is 7.71. The first kappa shape index (κ1) is 21.8. The molecule has 7 heteroatoms. The molecule has 3 rings (SSSR count). The maximum atomic E-state index is 12.5. The molecule has 0 unspecified atom stereocenters. The molecule has 2 aliphatic rings. The Morgan fingerprint density at radius 3 is 2.23 bits per heavy atom. The van der Waals surface area contributed by atoms with E-state index in [1.54, 1.807) is 29.3 Å². The summed E-state index contributed by atoms with van der Waals surface area (Å²) in [5, 5.41) is 0. The minimum absolute atomic E-state index is 0.125. The lowest BCUT2D eigenvalue weighted by Gasteiger charge is -2.32. The minimum Gasteiger partial charge on any atom is -0.465 e. The van der Waals surface area contributed by atoms with Gasteiger partial charge in [-0.25, -0.2) is 9.59 Å². The molecule has 0 aromatic heterocycles. The predicted octanol–water partition coefficient (Wildman–Crippen LogP) is 1.97. The number of carbonyl (C=O) groups excluding carboxylic acids is 2. The fourth-order valence-electron chi connectivity index (χ4n) is 3.55.